The van der Waals surface area contributed by atoms with Crippen molar-refractivity contribution < 1.29 is 4.42 Å². The first kappa shape index (κ1) is 33.0. The summed E-state index contributed by atoms with van der Waals surface area (Å²) in [7, 11) is 0. The molecule has 1 atom stereocenters. The Balaban J connectivity index is 1.09. The lowest BCUT2D eigenvalue weighted by Gasteiger charge is -2.25. The van der Waals surface area contributed by atoms with Gasteiger partial charge in [-0.1, -0.05) is 152 Å². The van der Waals surface area contributed by atoms with Gasteiger partial charge in [-0.05, 0) is 79.5 Å². The lowest BCUT2D eigenvalue weighted by atomic mass is 9.98. The standard InChI is InChI=1S/C55H34N4O/c1-2-15-36-30-49-46(29-35(36)14-1)43-19-7-9-22-48(43)59(49)39-31-47(52-45-20-8-10-23-50(45)60-51(52)32-39)55-57-53(56-54(58-55)44-21-11-16-33-12-3-6-18-41(33)44)38-26-27-42-37(28-38)25-24-34-13-4-5-17-40(34)42/h1-32,54H,(H,56,57,58). The number of fused-ring (bicyclic) bond motifs is 11. The maximum absolute atomic E-state index is 6.75. The van der Waals surface area contributed by atoms with Crippen molar-refractivity contribution in [3.05, 3.63) is 211 Å². The van der Waals surface area contributed by atoms with E-state index in [4.69, 9.17) is 14.4 Å². The Morgan fingerprint density at radius 3 is 1.98 bits per heavy atom. The second-order valence-electron chi connectivity index (χ2n) is 15.8. The first-order valence-electron chi connectivity index (χ1n) is 20.4. The molecule has 2 aromatic heterocycles. The maximum atomic E-state index is 6.75. The zero-order chi connectivity index (χ0) is 39.3. The summed E-state index contributed by atoms with van der Waals surface area (Å²) in [6.07, 6.45) is -0.414. The molecule has 0 saturated carbocycles. The third-order valence-corrected chi connectivity index (χ3v) is 12.4. The molecule has 1 aliphatic rings. The number of hydrogen-bond acceptors (Lipinski definition) is 4. The Labute approximate surface area is 344 Å². The van der Waals surface area contributed by atoms with Crippen LogP contribution < -0.4 is 5.32 Å². The quantitative estimate of drug-likeness (QED) is 0.181. The van der Waals surface area contributed by atoms with E-state index in [1.807, 2.05) is 12.1 Å². The topological polar surface area (TPSA) is 54.8 Å². The van der Waals surface area contributed by atoms with E-state index in [-0.39, 0.29) is 0 Å². The van der Waals surface area contributed by atoms with Crippen molar-refractivity contribution in [2.24, 2.45) is 9.98 Å². The van der Waals surface area contributed by atoms with Crippen LogP contribution >= 0.6 is 0 Å². The number of nitrogens with one attached hydrogen (secondary N) is 1. The maximum Gasteiger partial charge on any atom is 0.160 e. The van der Waals surface area contributed by atoms with Gasteiger partial charge in [0, 0.05) is 44.3 Å². The molecule has 1 aliphatic heterocycles. The highest BCUT2D eigenvalue weighted by Gasteiger charge is 2.26. The molecule has 1 unspecified atom stereocenters. The van der Waals surface area contributed by atoms with Crippen molar-refractivity contribution in [2.75, 3.05) is 0 Å². The molecule has 12 aromatic rings. The monoisotopic (exact) mass is 766 g/mol. The van der Waals surface area contributed by atoms with Gasteiger partial charge in [0.2, 0.25) is 0 Å². The van der Waals surface area contributed by atoms with Crippen molar-refractivity contribution in [3.8, 4) is 5.69 Å². The van der Waals surface area contributed by atoms with Gasteiger partial charge in [0.1, 0.15) is 23.2 Å². The molecular weight excluding hydrogens is 733 g/mol. The highest BCUT2D eigenvalue weighted by atomic mass is 16.3. The summed E-state index contributed by atoms with van der Waals surface area (Å²) >= 11 is 0. The smallest absolute Gasteiger partial charge is 0.160 e. The Bertz CT molecular complexity index is 3820. The van der Waals surface area contributed by atoms with Gasteiger partial charge in [0.15, 0.2) is 5.84 Å². The molecule has 0 amide bonds. The van der Waals surface area contributed by atoms with E-state index >= 15 is 0 Å². The molecule has 0 bridgehead atoms. The van der Waals surface area contributed by atoms with Gasteiger partial charge < -0.3 is 14.3 Å². The average Bonchev–Trinajstić information content (AvgIpc) is 3.85. The largest absolute Gasteiger partial charge is 0.456 e. The molecule has 0 aliphatic carbocycles. The molecule has 0 spiro atoms. The number of furan rings is 1. The molecule has 0 radical (unpaired) electrons. The van der Waals surface area contributed by atoms with Crippen LogP contribution in [0.25, 0.3) is 92.5 Å². The van der Waals surface area contributed by atoms with Crippen LogP contribution in [0.2, 0.25) is 0 Å². The van der Waals surface area contributed by atoms with Crippen LogP contribution in [0.15, 0.2) is 209 Å². The van der Waals surface area contributed by atoms with E-state index in [1.54, 1.807) is 0 Å². The van der Waals surface area contributed by atoms with Crippen molar-refractivity contribution >= 4 is 98.5 Å². The van der Waals surface area contributed by atoms with Gasteiger partial charge in [-0.3, -0.25) is 0 Å². The molecule has 5 nitrogen and oxygen atoms in total. The molecule has 13 rings (SSSR count). The van der Waals surface area contributed by atoms with Gasteiger partial charge in [-0.15, -0.1) is 0 Å². The first-order valence-corrected chi connectivity index (χ1v) is 20.4. The number of para-hydroxylation sites is 2. The second kappa shape index (κ2) is 12.7. The summed E-state index contributed by atoms with van der Waals surface area (Å²) in [5, 5.41) is 17.8. The predicted molar refractivity (Wildman–Crippen MR) is 250 cm³/mol. The van der Waals surface area contributed by atoms with E-state index in [0.717, 1.165) is 72.0 Å². The van der Waals surface area contributed by atoms with Crippen LogP contribution in [0.5, 0.6) is 0 Å². The third kappa shape index (κ3) is 4.99. The van der Waals surface area contributed by atoms with Crippen LogP contribution in [-0.4, -0.2) is 16.2 Å². The molecule has 60 heavy (non-hydrogen) atoms. The Morgan fingerprint density at radius 1 is 0.450 bits per heavy atom. The van der Waals surface area contributed by atoms with Crippen LogP contribution in [-0.2, 0) is 0 Å². The highest BCUT2D eigenvalue weighted by Crippen LogP contribution is 2.40. The average molecular weight is 767 g/mol. The minimum absolute atomic E-state index is 0.414. The number of benzene rings is 10. The number of nitrogens with zero attached hydrogens (tertiary/aromatic N) is 3. The Kier molecular flexibility index (Phi) is 7.01. The minimum Gasteiger partial charge on any atom is -0.456 e. The molecule has 1 N–H and O–H groups in total. The molecule has 3 heterocycles. The number of aromatic nitrogens is 1. The Hall–Kier alpha value is -8.02. The fourth-order valence-corrected chi connectivity index (χ4v) is 9.60. The number of hydrogen-bond donors (Lipinski definition) is 1. The van der Waals surface area contributed by atoms with E-state index in [1.165, 1.54) is 43.1 Å². The van der Waals surface area contributed by atoms with Crippen LogP contribution in [0, 0.1) is 0 Å². The van der Waals surface area contributed by atoms with Gasteiger partial charge in [0.25, 0.3) is 0 Å². The van der Waals surface area contributed by atoms with Gasteiger partial charge in [0.05, 0.1) is 16.7 Å². The normalized spacial score (nSPS) is 14.5. The Morgan fingerprint density at radius 2 is 1.12 bits per heavy atom. The molecule has 0 saturated heterocycles. The highest BCUT2D eigenvalue weighted by molar-refractivity contribution is 6.23. The van der Waals surface area contributed by atoms with Gasteiger partial charge in [-0.25, -0.2) is 9.98 Å². The first-order chi connectivity index (χ1) is 29.7. The fraction of sp³-hybridized carbons (Fsp3) is 0.0182. The summed E-state index contributed by atoms with van der Waals surface area (Å²) in [6.45, 7) is 0. The summed E-state index contributed by atoms with van der Waals surface area (Å²) in [5.74, 6) is 1.41. The van der Waals surface area contributed by atoms with Gasteiger partial charge >= 0.3 is 0 Å². The molecule has 5 heteroatoms. The van der Waals surface area contributed by atoms with E-state index in [0.29, 0.717) is 5.84 Å². The predicted octanol–water partition coefficient (Wildman–Crippen LogP) is 13.8. The van der Waals surface area contributed by atoms with Gasteiger partial charge in [-0.2, -0.15) is 0 Å². The SMILES string of the molecule is c1ccc2cc3c(cc2c1)c1ccccc1n3-c1cc(C2=NC(c3cccc4ccccc34)NC(c3ccc4c(ccc5ccccc54)c3)=N2)c2c(c1)oc1ccccc12. The number of aliphatic imine (C=N–C) groups is 2. The second-order valence-corrected chi connectivity index (χ2v) is 15.8. The van der Waals surface area contributed by atoms with Crippen LogP contribution in [0.4, 0.5) is 0 Å². The van der Waals surface area contributed by atoms with E-state index < -0.39 is 6.17 Å². The van der Waals surface area contributed by atoms with Crippen LogP contribution in [0.3, 0.4) is 0 Å². The van der Waals surface area contributed by atoms with Crippen molar-refractivity contribution in [1.82, 2.24) is 9.88 Å². The summed E-state index contributed by atoms with van der Waals surface area (Å²) in [6, 6.07) is 69.2. The molecular formula is C55H34N4O. The lowest BCUT2D eigenvalue weighted by molar-refractivity contribution is 0.668. The summed E-state index contributed by atoms with van der Waals surface area (Å²) in [5.41, 5.74) is 7.84. The zero-order valence-electron chi connectivity index (χ0n) is 32.3. The molecule has 0 fully saturated rings. The zero-order valence-corrected chi connectivity index (χ0v) is 32.3. The molecule has 280 valence electrons. The van der Waals surface area contributed by atoms with Crippen molar-refractivity contribution in [1.29, 1.82) is 0 Å². The number of amidine groups is 2. The van der Waals surface area contributed by atoms with E-state index in [9.17, 15) is 0 Å². The van der Waals surface area contributed by atoms with Crippen LogP contribution in [0.1, 0.15) is 22.9 Å². The minimum atomic E-state index is -0.414. The van der Waals surface area contributed by atoms with Crippen molar-refractivity contribution in [2.45, 2.75) is 6.17 Å². The molecule has 10 aromatic carbocycles. The van der Waals surface area contributed by atoms with E-state index in [2.05, 4.69) is 192 Å². The van der Waals surface area contributed by atoms with Crippen molar-refractivity contribution in [3.63, 3.8) is 0 Å². The lowest BCUT2D eigenvalue weighted by Crippen LogP contribution is -2.33. The number of rotatable bonds is 4. The fourth-order valence-electron chi connectivity index (χ4n) is 9.60. The summed E-state index contributed by atoms with van der Waals surface area (Å²) < 4.78 is 9.12. The summed E-state index contributed by atoms with van der Waals surface area (Å²) in [4.78, 5) is 11.0. The third-order valence-electron chi connectivity index (χ3n) is 12.4.